The molecular formula is C7H13ClO2S. The van der Waals surface area contributed by atoms with Gasteiger partial charge in [-0.3, -0.25) is 0 Å². The fourth-order valence-corrected chi connectivity index (χ4v) is 2.99. The SMILES string of the molecule is CCCC1CC(S(=O)(=O)Cl)C1. The van der Waals surface area contributed by atoms with Gasteiger partial charge < -0.3 is 0 Å². The fourth-order valence-electron chi connectivity index (χ4n) is 1.55. The van der Waals surface area contributed by atoms with Crippen LogP contribution in [-0.2, 0) is 9.05 Å². The molecule has 0 unspecified atom stereocenters. The van der Waals surface area contributed by atoms with Crippen molar-refractivity contribution in [3.05, 3.63) is 0 Å². The molecule has 1 saturated carbocycles. The number of hydrogen-bond acceptors (Lipinski definition) is 2. The van der Waals surface area contributed by atoms with E-state index in [-0.39, 0.29) is 5.25 Å². The van der Waals surface area contributed by atoms with Gasteiger partial charge in [0.25, 0.3) is 0 Å². The molecule has 2 nitrogen and oxygen atoms in total. The summed E-state index contributed by atoms with van der Waals surface area (Å²) in [6, 6.07) is 0. The Bertz CT molecular complexity index is 217. The van der Waals surface area contributed by atoms with Crippen LogP contribution in [0.4, 0.5) is 0 Å². The van der Waals surface area contributed by atoms with E-state index in [1.54, 1.807) is 0 Å². The van der Waals surface area contributed by atoms with Crippen LogP contribution in [0.3, 0.4) is 0 Å². The minimum absolute atomic E-state index is 0.249. The van der Waals surface area contributed by atoms with Crippen molar-refractivity contribution in [2.45, 2.75) is 37.9 Å². The summed E-state index contributed by atoms with van der Waals surface area (Å²) in [6.07, 6.45) is 3.84. The molecule has 1 aliphatic rings. The largest absolute Gasteiger partial charge is 0.235 e. The second kappa shape index (κ2) is 3.31. The van der Waals surface area contributed by atoms with Crippen molar-refractivity contribution in [3.63, 3.8) is 0 Å². The van der Waals surface area contributed by atoms with E-state index in [1.165, 1.54) is 0 Å². The van der Waals surface area contributed by atoms with E-state index in [2.05, 4.69) is 6.92 Å². The summed E-state index contributed by atoms with van der Waals surface area (Å²) in [7, 11) is 1.93. The van der Waals surface area contributed by atoms with Crippen LogP contribution in [0.5, 0.6) is 0 Å². The maximum Gasteiger partial charge on any atom is 0.235 e. The predicted octanol–water partition coefficient (Wildman–Crippen LogP) is 2.13. The van der Waals surface area contributed by atoms with Gasteiger partial charge in [-0.25, -0.2) is 8.42 Å². The summed E-state index contributed by atoms with van der Waals surface area (Å²) < 4.78 is 21.5. The van der Waals surface area contributed by atoms with Crippen molar-refractivity contribution >= 4 is 19.7 Å². The summed E-state index contributed by atoms with van der Waals surface area (Å²) in [5.41, 5.74) is 0. The molecular weight excluding hydrogens is 184 g/mol. The van der Waals surface area contributed by atoms with Gasteiger partial charge in [0.2, 0.25) is 9.05 Å². The molecule has 11 heavy (non-hydrogen) atoms. The lowest BCUT2D eigenvalue weighted by Gasteiger charge is -2.32. The first kappa shape index (κ1) is 9.33. The molecule has 0 aromatic rings. The molecule has 0 radical (unpaired) electrons. The maximum absolute atomic E-state index is 10.7. The van der Waals surface area contributed by atoms with Crippen LogP contribution in [0.15, 0.2) is 0 Å². The molecule has 0 aromatic carbocycles. The zero-order valence-corrected chi connectivity index (χ0v) is 8.16. The maximum atomic E-state index is 10.7. The van der Waals surface area contributed by atoms with Gasteiger partial charge in [0, 0.05) is 10.7 Å². The lowest BCUT2D eigenvalue weighted by atomic mass is 9.82. The van der Waals surface area contributed by atoms with E-state index in [9.17, 15) is 8.42 Å². The van der Waals surface area contributed by atoms with Crippen molar-refractivity contribution in [1.82, 2.24) is 0 Å². The van der Waals surface area contributed by atoms with Gasteiger partial charge in [0.1, 0.15) is 0 Å². The van der Waals surface area contributed by atoms with Crippen molar-refractivity contribution in [2.75, 3.05) is 0 Å². The highest BCUT2D eigenvalue weighted by molar-refractivity contribution is 8.14. The highest BCUT2D eigenvalue weighted by Gasteiger charge is 2.36. The highest BCUT2D eigenvalue weighted by atomic mass is 35.7. The fraction of sp³-hybridized carbons (Fsp3) is 1.00. The topological polar surface area (TPSA) is 34.1 Å². The van der Waals surface area contributed by atoms with Gasteiger partial charge in [0.15, 0.2) is 0 Å². The van der Waals surface area contributed by atoms with Crippen molar-refractivity contribution in [1.29, 1.82) is 0 Å². The number of hydrogen-bond donors (Lipinski definition) is 0. The van der Waals surface area contributed by atoms with Crippen LogP contribution in [0, 0.1) is 5.92 Å². The first-order chi connectivity index (χ1) is 5.04. The molecule has 0 spiro atoms. The summed E-state index contributed by atoms with van der Waals surface area (Å²) in [6.45, 7) is 2.11. The molecule has 66 valence electrons. The molecule has 0 aliphatic heterocycles. The van der Waals surface area contributed by atoms with E-state index in [1.807, 2.05) is 0 Å². The summed E-state index contributed by atoms with van der Waals surface area (Å²) in [5.74, 6) is 0.610. The first-order valence-electron chi connectivity index (χ1n) is 3.97. The third-order valence-electron chi connectivity index (χ3n) is 2.29. The van der Waals surface area contributed by atoms with Crippen LogP contribution < -0.4 is 0 Å². The minimum Gasteiger partial charge on any atom is -0.212 e. The van der Waals surface area contributed by atoms with Gasteiger partial charge >= 0.3 is 0 Å². The average Bonchev–Trinajstić information content (AvgIpc) is 1.74. The second-order valence-electron chi connectivity index (χ2n) is 3.22. The third-order valence-corrected chi connectivity index (χ3v) is 4.22. The van der Waals surface area contributed by atoms with Gasteiger partial charge in [-0.15, -0.1) is 0 Å². The summed E-state index contributed by atoms with van der Waals surface area (Å²) in [5, 5.41) is -0.249. The second-order valence-corrected chi connectivity index (χ2v) is 6.13. The van der Waals surface area contributed by atoms with Gasteiger partial charge in [0.05, 0.1) is 5.25 Å². The van der Waals surface area contributed by atoms with Crippen LogP contribution >= 0.6 is 10.7 Å². The first-order valence-corrected chi connectivity index (χ1v) is 6.34. The van der Waals surface area contributed by atoms with Crippen LogP contribution in [0.25, 0.3) is 0 Å². The Kier molecular flexibility index (Phi) is 2.81. The standard InChI is InChI=1S/C7H13ClO2S/c1-2-3-6-4-7(5-6)11(8,9)10/h6-7H,2-5H2,1H3. The van der Waals surface area contributed by atoms with Crippen molar-refractivity contribution < 1.29 is 8.42 Å². The molecule has 1 rings (SSSR count). The lowest BCUT2D eigenvalue weighted by molar-refractivity contribution is 0.297. The number of halogens is 1. The van der Waals surface area contributed by atoms with Gasteiger partial charge in [-0.05, 0) is 18.8 Å². The Balaban J connectivity index is 2.30. The van der Waals surface area contributed by atoms with E-state index < -0.39 is 9.05 Å². The molecule has 0 atom stereocenters. The van der Waals surface area contributed by atoms with Crippen molar-refractivity contribution in [3.8, 4) is 0 Å². The molecule has 1 aliphatic carbocycles. The van der Waals surface area contributed by atoms with Crippen LogP contribution in [0.1, 0.15) is 32.6 Å². The normalized spacial score (nSPS) is 31.5. The van der Waals surface area contributed by atoms with E-state index >= 15 is 0 Å². The van der Waals surface area contributed by atoms with Crippen LogP contribution in [0.2, 0.25) is 0 Å². The Labute approximate surface area is 72.4 Å². The predicted molar refractivity (Wildman–Crippen MR) is 46.2 cm³/mol. The van der Waals surface area contributed by atoms with Crippen molar-refractivity contribution in [2.24, 2.45) is 5.92 Å². The third kappa shape index (κ3) is 2.34. The quantitative estimate of drug-likeness (QED) is 0.649. The zero-order chi connectivity index (χ0) is 8.48. The lowest BCUT2D eigenvalue weighted by Crippen LogP contribution is -2.33. The molecule has 0 bridgehead atoms. The highest BCUT2D eigenvalue weighted by Crippen LogP contribution is 2.37. The smallest absolute Gasteiger partial charge is 0.212 e. The Morgan fingerprint density at radius 2 is 2.00 bits per heavy atom. The molecule has 1 fully saturated rings. The number of rotatable bonds is 3. The van der Waals surface area contributed by atoms with E-state index in [0.717, 1.165) is 25.7 Å². The molecule has 4 heteroatoms. The minimum atomic E-state index is -3.25. The molecule has 0 saturated heterocycles. The Hall–Kier alpha value is 0.240. The molecule has 0 aromatic heterocycles. The molecule has 0 heterocycles. The Morgan fingerprint density at radius 1 is 1.45 bits per heavy atom. The molecule has 0 amide bonds. The average molecular weight is 197 g/mol. The van der Waals surface area contributed by atoms with Gasteiger partial charge in [-0.2, -0.15) is 0 Å². The van der Waals surface area contributed by atoms with E-state index in [4.69, 9.17) is 10.7 Å². The summed E-state index contributed by atoms with van der Waals surface area (Å²) >= 11 is 0. The molecule has 0 N–H and O–H groups in total. The van der Waals surface area contributed by atoms with Gasteiger partial charge in [-0.1, -0.05) is 19.8 Å². The van der Waals surface area contributed by atoms with Crippen LogP contribution in [-0.4, -0.2) is 13.7 Å². The summed E-state index contributed by atoms with van der Waals surface area (Å²) in [4.78, 5) is 0. The Morgan fingerprint density at radius 3 is 2.36 bits per heavy atom. The zero-order valence-electron chi connectivity index (χ0n) is 6.59. The van der Waals surface area contributed by atoms with E-state index in [0.29, 0.717) is 5.92 Å². The monoisotopic (exact) mass is 196 g/mol.